The van der Waals surface area contributed by atoms with Gasteiger partial charge in [-0.3, -0.25) is 0 Å². The Balaban J connectivity index is 2.06. The van der Waals surface area contributed by atoms with Crippen LogP contribution in [0.5, 0.6) is 5.75 Å². The van der Waals surface area contributed by atoms with Gasteiger partial charge in [0, 0.05) is 12.1 Å². The number of carboxylic acids is 1. The fourth-order valence-corrected chi connectivity index (χ4v) is 1.61. The van der Waals surface area contributed by atoms with Crippen LogP contribution in [0.4, 0.5) is 10.5 Å². The first kappa shape index (κ1) is 14.4. The van der Waals surface area contributed by atoms with Crippen LogP contribution in [-0.2, 0) is 6.54 Å². The molecule has 8 heteroatoms. The molecule has 3 N–H and O–H groups in total. The summed E-state index contributed by atoms with van der Waals surface area (Å²) in [7, 11) is 1.45. The van der Waals surface area contributed by atoms with E-state index >= 15 is 0 Å². The Morgan fingerprint density at radius 3 is 2.81 bits per heavy atom. The van der Waals surface area contributed by atoms with Crippen molar-refractivity contribution in [2.45, 2.75) is 6.54 Å². The van der Waals surface area contributed by atoms with Crippen molar-refractivity contribution >= 4 is 17.7 Å². The Hall–Kier alpha value is -3.03. The zero-order chi connectivity index (χ0) is 15.2. The first-order chi connectivity index (χ1) is 10.1. The predicted octanol–water partition coefficient (Wildman–Crippen LogP) is 1.70. The van der Waals surface area contributed by atoms with Gasteiger partial charge in [-0.25, -0.2) is 9.59 Å². The molecular formula is C13H13N3O5. The highest BCUT2D eigenvalue weighted by Gasteiger charge is 2.13. The Kier molecular flexibility index (Phi) is 4.39. The van der Waals surface area contributed by atoms with E-state index in [1.54, 1.807) is 6.07 Å². The monoisotopic (exact) mass is 291 g/mol. The van der Waals surface area contributed by atoms with Gasteiger partial charge in [0.25, 0.3) is 0 Å². The van der Waals surface area contributed by atoms with Crippen molar-refractivity contribution in [3.8, 4) is 5.75 Å². The molecule has 2 rings (SSSR count). The molecule has 1 heterocycles. The highest BCUT2D eigenvalue weighted by atomic mass is 16.5. The molecule has 0 unspecified atom stereocenters. The lowest BCUT2D eigenvalue weighted by atomic mass is 10.1. The SMILES string of the molecule is COc1ccc(C(=O)O)c(NC(=O)NCc2ccno2)c1. The summed E-state index contributed by atoms with van der Waals surface area (Å²) in [5.41, 5.74) is 0.0996. The lowest BCUT2D eigenvalue weighted by Crippen LogP contribution is -2.28. The maximum atomic E-state index is 11.8. The van der Waals surface area contributed by atoms with E-state index in [4.69, 9.17) is 14.4 Å². The first-order valence-corrected chi connectivity index (χ1v) is 5.96. The highest BCUT2D eigenvalue weighted by Crippen LogP contribution is 2.22. The second kappa shape index (κ2) is 6.42. The summed E-state index contributed by atoms with van der Waals surface area (Å²) in [6, 6.07) is 5.32. The number of rotatable bonds is 5. The average Bonchev–Trinajstić information content (AvgIpc) is 2.98. The van der Waals surface area contributed by atoms with Gasteiger partial charge in [0.05, 0.1) is 31.1 Å². The molecule has 2 amide bonds. The molecule has 110 valence electrons. The Morgan fingerprint density at radius 2 is 2.19 bits per heavy atom. The van der Waals surface area contributed by atoms with Crippen LogP contribution < -0.4 is 15.4 Å². The summed E-state index contributed by atoms with van der Waals surface area (Å²) in [6.45, 7) is 0.137. The molecule has 0 saturated carbocycles. The average molecular weight is 291 g/mol. The van der Waals surface area contributed by atoms with Crippen molar-refractivity contribution in [2.24, 2.45) is 0 Å². The predicted molar refractivity (Wildman–Crippen MR) is 72.3 cm³/mol. The van der Waals surface area contributed by atoms with Crippen molar-refractivity contribution in [1.82, 2.24) is 10.5 Å². The minimum absolute atomic E-state index is 0.0365. The highest BCUT2D eigenvalue weighted by molar-refractivity contribution is 6.00. The molecule has 2 aromatic rings. The number of hydrogen-bond donors (Lipinski definition) is 3. The molecule has 0 aliphatic carbocycles. The van der Waals surface area contributed by atoms with Crippen LogP contribution in [0.25, 0.3) is 0 Å². The van der Waals surface area contributed by atoms with Gasteiger partial charge in [-0.05, 0) is 12.1 Å². The Morgan fingerprint density at radius 1 is 1.38 bits per heavy atom. The van der Waals surface area contributed by atoms with Gasteiger partial charge in [0.2, 0.25) is 0 Å². The van der Waals surface area contributed by atoms with Gasteiger partial charge in [0.1, 0.15) is 5.75 Å². The molecule has 0 fully saturated rings. The van der Waals surface area contributed by atoms with Crippen molar-refractivity contribution < 1.29 is 24.0 Å². The molecule has 1 aromatic heterocycles. The van der Waals surface area contributed by atoms with E-state index in [0.717, 1.165) is 0 Å². The number of carboxylic acid groups (broad SMARTS) is 1. The number of methoxy groups -OCH3 is 1. The standard InChI is InChI=1S/C13H13N3O5/c1-20-8-2-3-10(12(17)18)11(6-8)16-13(19)14-7-9-4-5-15-21-9/h2-6H,7H2,1H3,(H,17,18)(H2,14,16,19). The smallest absolute Gasteiger partial charge is 0.337 e. The van der Waals surface area contributed by atoms with Crippen LogP contribution in [0.15, 0.2) is 35.0 Å². The number of hydrogen-bond acceptors (Lipinski definition) is 5. The van der Waals surface area contributed by atoms with E-state index < -0.39 is 12.0 Å². The zero-order valence-electron chi connectivity index (χ0n) is 11.1. The van der Waals surface area contributed by atoms with Crippen LogP contribution in [-0.4, -0.2) is 29.4 Å². The lowest BCUT2D eigenvalue weighted by molar-refractivity contribution is 0.0698. The molecule has 0 atom stereocenters. The van der Waals surface area contributed by atoms with Gasteiger partial charge in [0.15, 0.2) is 5.76 Å². The summed E-state index contributed by atoms with van der Waals surface area (Å²) in [5.74, 6) is -0.233. The molecular weight excluding hydrogens is 278 g/mol. The molecule has 0 bridgehead atoms. The van der Waals surface area contributed by atoms with E-state index in [9.17, 15) is 9.59 Å². The van der Waals surface area contributed by atoms with Gasteiger partial charge in [-0.15, -0.1) is 0 Å². The van der Waals surface area contributed by atoms with E-state index in [1.807, 2.05) is 0 Å². The maximum absolute atomic E-state index is 11.8. The molecule has 8 nitrogen and oxygen atoms in total. The van der Waals surface area contributed by atoms with Crippen LogP contribution >= 0.6 is 0 Å². The first-order valence-electron chi connectivity index (χ1n) is 5.96. The van der Waals surface area contributed by atoms with E-state index in [1.165, 1.54) is 31.5 Å². The number of urea groups is 1. The zero-order valence-corrected chi connectivity index (χ0v) is 11.1. The van der Waals surface area contributed by atoms with Crippen molar-refractivity contribution in [2.75, 3.05) is 12.4 Å². The van der Waals surface area contributed by atoms with Crippen LogP contribution in [0, 0.1) is 0 Å². The lowest BCUT2D eigenvalue weighted by Gasteiger charge is -2.10. The van der Waals surface area contributed by atoms with Gasteiger partial charge in [-0.2, -0.15) is 0 Å². The summed E-state index contributed by atoms with van der Waals surface area (Å²) in [6.07, 6.45) is 1.46. The molecule has 0 aliphatic rings. The number of carbonyl (C=O) groups excluding carboxylic acids is 1. The van der Waals surface area contributed by atoms with E-state index in [0.29, 0.717) is 11.5 Å². The summed E-state index contributed by atoms with van der Waals surface area (Å²) in [4.78, 5) is 22.9. The normalized spacial score (nSPS) is 9.95. The number of aromatic nitrogens is 1. The molecule has 0 spiro atoms. The number of benzene rings is 1. The number of carbonyl (C=O) groups is 2. The quantitative estimate of drug-likeness (QED) is 0.772. The van der Waals surface area contributed by atoms with Crippen LogP contribution in [0.3, 0.4) is 0 Å². The number of ether oxygens (including phenoxy) is 1. The number of aromatic carboxylic acids is 1. The van der Waals surface area contributed by atoms with E-state index in [-0.39, 0.29) is 17.8 Å². The number of nitrogens with zero attached hydrogens (tertiary/aromatic N) is 1. The minimum Gasteiger partial charge on any atom is -0.497 e. The van der Waals surface area contributed by atoms with Gasteiger partial charge in [-0.1, -0.05) is 5.16 Å². The van der Waals surface area contributed by atoms with E-state index in [2.05, 4.69) is 15.8 Å². The van der Waals surface area contributed by atoms with Gasteiger partial charge >= 0.3 is 12.0 Å². The van der Waals surface area contributed by atoms with Crippen molar-refractivity contribution in [3.05, 3.63) is 41.8 Å². The van der Waals surface area contributed by atoms with Gasteiger partial charge < -0.3 is 25.0 Å². The summed E-state index contributed by atoms with van der Waals surface area (Å²) in [5, 5.41) is 17.6. The minimum atomic E-state index is -1.15. The van der Waals surface area contributed by atoms with Crippen molar-refractivity contribution in [1.29, 1.82) is 0 Å². The topological polar surface area (TPSA) is 114 Å². The molecule has 1 aromatic carbocycles. The third kappa shape index (κ3) is 3.72. The molecule has 0 radical (unpaired) electrons. The second-order valence-electron chi connectivity index (χ2n) is 4.00. The fraction of sp³-hybridized carbons (Fsp3) is 0.154. The molecule has 21 heavy (non-hydrogen) atoms. The fourth-order valence-electron chi connectivity index (χ4n) is 1.61. The maximum Gasteiger partial charge on any atom is 0.337 e. The Bertz CT molecular complexity index is 639. The van der Waals surface area contributed by atoms with Crippen LogP contribution in [0.1, 0.15) is 16.1 Å². The third-order valence-electron chi connectivity index (χ3n) is 2.62. The second-order valence-corrected chi connectivity index (χ2v) is 4.00. The summed E-state index contributed by atoms with van der Waals surface area (Å²) < 4.78 is 9.83. The summed E-state index contributed by atoms with van der Waals surface area (Å²) >= 11 is 0. The molecule has 0 aliphatic heterocycles. The van der Waals surface area contributed by atoms with Crippen LogP contribution in [0.2, 0.25) is 0 Å². The largest absolute Gasteiger partial charge is 0.497 e. The molecule has 0 saturated heterocycles. The Labute approximate surface area is 119 Å². The van der Waals surface area contributed by atoms with Crippen molar-refractivity contribution in [3.63, 3.8) is 0 Å². The number of nitrogens with one attached hydrogen (secondary N) is 2. The number of anilines is 1. The third-order valence-corrected chi connectivity index (χ3v) is 2.62. The number of amides is 2.